The van der Waals surface area contributed by atoms with Crippen molar-refractivity contribution in [3.05, 3.63) is 69.9 Å². The van der Waals surface area contributed by atoms with Crippen LogP contribution in [0.15, 0.2) is 53.0 Å². The van der Waals surface area contributed by atoms with E-state index in [4.69, 9.17) is 5.73 Å². The van der Waals surface area contributed by atoms with Gasteiger partial charge in [-0.15, -0.1) is 0 Å². The van der Waals surface area contributed by atoms with Crippen LogP contribution >= 0.6 is 15.9 Å². The molecule has 0 aliphatic heterocycles. The molecule has 0 saturated carbocycles. The molecule has 2 aromatic carbocycles. The Bertz CT molecular complexity index is 513. The average molecular weight is 294 g/mol. The molecule has 0 fully saturated rings. The van der Waals surface area contributed by atoms with Crippen LogP contribution in [-0.2, 0) is 6.42 Å². The molecule has 1 nitrogen and oxygen atoms in total. The summed E-state index contributed by atoms with van der Waals surface area (Å²) in [6.07, 6.45) is 0.625. The highest BCUT2D eigenvalue weighted by molar-refractivity contribution is 9.10. The topological polar surface area (TPSA) is 26.0 Å². The van der Waals surface area contributed by atoms with Crippen molar-refractivity contribution < 1.29 is 4.39 Å². The number of rotatable bonds is 3. The van der Waals surface area contributed by atoms with Crippen molar-refractivity contribution in [2.75, 3.05) is 0 Å². The predicted molar refractivity (Wildman–Crippen MR) is 71.2 cm³/mol. The summed E-state index contributed by atoms with van der Waals surface area (Å²) < 4.78 is 14.0. The van der Waals surface area contributed by atoms with Crippen LogP contribution in [0, 0.1) is 5.82 Å². The lowest BCUT2D eigenvalue weighted by Gasteiger charge is -2.13. The molecule has 17 heavy (non-hydrogen) atoms. The summed E-state index contributed by atoms with van der Waals surface area (Å²) in [4.78, 5) is 0. The highest BCUT2D eigenvalue weighted by atomic mass is 79.9. The first-order valence-corrected chi connectivity index (χ1v) is 6.20. The summed E-state index contributed by atoms with van der Waals surface area (Å²) in [6.45, 7) is 0. The molecule has 2 rings (SSSR count). The van der Waals surface area contributed by atoms with E-state index in [0.29, 0.717) is 6.42 Å². The fraction of sp³-hybridized carbons (Fsp3) is 0.143. The van der Waals surface area contributed by atoms with Crippen LogP contribution < -0.4 is 5.73 Å². The van der Waals surface area contributed by atoms with Crippen LogP contribution in [0.3, 0.4) is 0 Å². The molecule has 0 aliphatic carbocycles. The lowest BCUT2D eigenvalue weighted by Crippen LogP contribution is -2.13. The molecule has 0 aromatic heterocycles. The van der Waals surface area contributed by atoms with E-state index in [1.54, 1.807) is 6.07 Å². The van der Waals surface area contributed by atoms with Crippen LogP contribution in [0.2, 0.25) is 0 Å². The van der Waals surface area contributed by atoms with E-state index in [1.807, 2.05) is 30.3 Å². The Balaban J connectivity index is 2.17. The Morgan fingerprint density at radius 2 is 1.88 bits per heavy atom. The number of nitrogens with two attached hydrogens (primary N) is 1. The summed E-state index contributed by atoms with van der Waals surface area (Å²) in [6, 6.07) is 14.3. The lowest BCUT2D eigenvalue weighted by molar-refractivity contribution is 0.622. The van der Waals surface area contributed by atoms with Gasteiger partial charge in [0.05, 0.1) is 0 Å². The first-order chi connectivity index (χ1) is 8.16. The normalized spacial score (nSPS) is 12.4. The van der Waals surface area contributed by atoms with Crippen LogP contribution in [0.1, 0.15) is 17.2 Å². The van der Waals surface area contributed by atoms with E-state index in [1.165, 1.54) is 12.1 Å². The summed E-state index contributed by atoms with van der Waals surface area (Å²) in [5.74, 6) is -0.221. The molecular formula is C14H13BrFN. The first-order valence-electron chi connectivity index (χ1n) is 5.41. The van der Waals surface area contributed by atoms with Crippen LogP contribution in [0.4, 0.5) is 4.39 Å². The predicted octanol–water partition coefficient (Wildman–Crippen LogP) is 3.83. The summed E-state index contributed by atoms with van der Waals surface area (Å²) in [5, 5.41) is 0. The van der Waals surface area contributed by atoms with E-state index in [2.05, 4.69) is 15.9 Å². The van der Waals surface area contributed by atoms with Crippen molar-refractivity contribution >= 4 is 15.9 Å². The smallest absolute Gasteiger partial charge is 0.123 e. The van der Waals surface area contributed by atoms with Gasteiger partial charge in [0.15, 0.2) is 0 Å². The minimum absolute atomic E-state index is 0.132. The van der Waals surface area contributed by atoms with Gasteiger partial charge in [-0.1, -0.05) is 46.3 Å². The molecule has 0 radical (unpaired) electrons. The van der Waals surface area contributed by atoms with Gasteiger partial charge in [-0.3, -0.25) is 0 Å². The van der Waals surface area contributed by atoms with Crippen molar-refractivity contribution in [2.24, 2.45) is 5.73 Å². The number of hydrogen-bond donors (Lipinski definition) is 1. The molecule has 88 valence electrons. The van der Waals surface area contributed by atoms with Crippen molar-refractivity contribution in [1.82, 2.24) is 0 Å². The Morgan fingerprint density at radius 3 is 2.59 bits per heavy atom. The van der Waals surface area contributed by atoms with Gasteiger partial charge in [0.2, 0.25) is 0 Å². The largest absolute Gasteiger partial charge is 0.324 e. The highest BCUT2D eigenvalue weighted by Crippen LogP contribution is 2.24. The lowest BCUT2D eigenvalue weighted by atomic mass is 10.00. The van der Waals surface area contributed by atoms with Crippen molar-refractivity contribution in [2.45, 2.75) is 12.5 Å². The van der Waals surface area contributed by atoms with Gasteiger partial charge in [0.1, 0.15) is 5.82 Å². The molecule has 1 atom stereocenters. The van der Waals surface area contributed by atoms with Crippen molar-refractivity contribution in [3.8, 4) is 0 Å². The Hall–Kier alpha value is -1.19. The van der Waals surface area contributed by atoms with Gasteiger partial charge in [-0.25, -0.2) is 4.39 Å². The van der Waals surface area contributed by atoms with Crippen molar-refractivity contribution in [3.63, 3.8) is 0 Å². The van der Waals surface area contributed by atoms with Gasteiger partial charge < -0.3 is 5.73 Å². The molecule has 0 saturated heterocycles. The minimum Gasteiger partial charge on any atom is -0.324 e. The first kappa shape index (κ1) is 12.3. The quantitative estimate of drug-likeness (QED) is 0.914. The zero-order valence-corrected chi connectivity index (χ0v) is 10.8. The third-order valence-electron chi connectivity index (χ3n) is 2.65. The Kier molecular flexibility index (Phi) is 3.92. The van der Waals surface area contributed by atoms with Gasteiger partial charge in [-0.2, -0.15) is 0 Å². The van der Waals surface area contributed by atoms with Crippen molar-refractivity contribution in [1.29, 1.82) is 0 Å². The molecule has 3 heteroatoms. The number of benzene rings is 2. The van der Waals surface area contributed by atoms with Crippen LogP contribution in [0.5, 0.6) is 0 Å². The third kappa shape index (κ3) is 3.14. The monoisotopic (exact) mass is 293 g/mol. The second-order valence-corrected chi connectivity index (χ2v) is 4.82. The minimum atomic E-state index is -0.221. The van der Waals surface area contributed by atoms with Gasteiger partial charge in [0.25, 0.3) is 0 Å². The highest BCUT2D eigenvalue weighted by Gasteiger charge is 2.10. The zero-order valence-electron chi connectivity index (χ0n) is 9.24. The molecule has 2 N–H and O–H groups in total. The zero-order chi connectivity index (χ0) is 12.3. The van der Waals surface area contributed by atoms with Gasteiger partial charge in [0, 0.05) is 10.5 Å². The standard InChI is InChI=1S/C14H13BrFN/c15-13-7-2-1-6-12(13)14(17)9-10-4-3-5-11(16)8-10/h1-8,14H,9,17H2. The molecule has 0 heterocycles. The molecule has 0 amide bonds. The number of hydrogen-bond acceptors (Lipinski definition) is 1. The SMILES string of the molecule is NC(Cc1cccc(F)c1)c1ccccc1Br. The van der Waals surface area contributed by atoms with E-state index in [9.17, 15) is 4.39 Å². The molecule has 0 aliphatic rings. The fourth-order valence-corrected chi connectivity index (χ4v) is 2.38. The summed E-state index contributed by atoms with van der Waals surface area (Å²) in [5.41, 5.74) is 8.07. The molecule has 0 bridgehead atoms. The van der Waals surface area contributed by atoms with Crippen LogP contribution in [0.25, 0.3) is 0 Å². The van der Waals surface area contributed by atoms with E-state index in [0.717, 1.165) is 15.6 Å². The molecule has 1 unspecified atom stereocenters. The van der Waals surface area contributed by atoms with E-state index >= 15 is 0 Å². The maximum Gasteiger partial charge on any atom is 0.123 e. The summed E-state index contributed by atoms with van der Waals surface area (Å²) in [7, 11) is 0. The second kappa shape index (κ2) is 5.43. The average Bonchev–Trinajstić information content (AvgIpc) is 2.29. The van der Waals surface area contributed by atoms with E-state index < -0.39 is 0 Å². The molecular weight excluding hydrogens is 281 g/mol. The fourth-order valence-electron chi connectivity index (χ4n) is 1.80. The van der Waals surface area contributed by atoms with Gasteiger partial charge in [-0.05, 0) is 35.7 Å². The maximum absolute atomic E-state index is 13.0. The Morgan fingerprint density at radius 1 is 1.12 bits per heavy atom. The molecule has 2 aromatic rings. The van der Waals surface area contributed by atoms with Gasteiger partial charge >= 0.3 is 0 Å². The van der Waals surface area contributed by atoms with Crippen LogP contribution in [-0.4, -0.2) is 0 Å². The Labute approximate surface area is 109 Å². The maximum atomic E-state index is 13.0. The van der Waals surface area contributed by atoms with E-state index in [-0.39, 0.29) is 11.9 Å². The molecule has 0 spiro atoms. The third-order valence-corrected chi connectivity index (χ3v) is 3.37. The number of halogens is 2. The summed E-state index contributed by atoms with van der Waals surface area (Å²) >= 11 is 3.47. The second-order valence-electron chi connectivity index (χ2n) is 3.96.